The third kappa shape index (κ3) is 3.63. The van der Waals surface area contributed by atoms with Crippen LogP contribution in [-0.2, 0) is 9.53 Å². The van der Waals surface area contributed by atoms with E-state index >= 15 is 0 Å². The third-order valence-electron chi connectivity index (χ3n) is 2.86. The van der Waals surface area contributed by atoms with E-state index in [4.69, 9.17) is 9.47 Å². The van der Waals surface area contributed by atoms with Gasteiger partial charge >= 0.3 is 5.97 Å². The van der Waals surface area contributed by atoms with Crippen molar-refractivity contribution in [1.82, 2.24) is 4.90 Å². The fourth-order valence-corrected chi connectivity index (χ4v) is 1.69. The van der Waals surface area contributed by atoms with E-state index in [1.165, 1.54) is 26.2 Å². The second-order valence-electron chi connectivity index (χ2n) is 3.96. The van der Waals surface area contributed by atoms with Gasteiger partial charge < -0.3 is 19.1 Å². The maximum absolute atomic E-state index is 12.4. The fourth-order valence-electron chi connectivity index (χ4n) is 1.69. The molecule has 6 heteroatoms. The molecule has 0 aliphatic heterocycles. The van der Waals surface area contributed by atoms with Crippen molar-refractivity contribution in [1.29, 1.82) is 0 Å². The first-order chi connectivity index (χ1) is 9.57. The lowest BCUT2D eigenvalue weighted by Gasteiger charge is -2.20. The number of esters is 1. The van der Waals surface area contributed by atoms with Crippen LogP contribution in [0.4, 0.5) is 0 Å². The van der Waals surface area contributed by atoms with Crippen molar-refractivity contribution in [3.63, 3.8) is 0 Å². The van der Waals surface area contributed by atoms with E-state index in [0.29, 0.717) is 23.6 Å². The van der Waals surface area contributed by atoms with Crippen LogP contribution in [0.15, 0.2) is 18.2 Å². The Morgan fingerprint density at radius 3 is 2.35 bits per heavy atom. The molecular weight excluding hydrogens is 262 g/mol. The predicted octanol–water partition coefficient (Wildman–Crippen LogP) is 1.34. The molecule has 0 unspecified atom stereocenters. The van der Waals surface area contributed by atoms with Gasteiger partial charge in [0, 0.05) is 12.6 Å². The van der Waals surface area contributed by atoms with Crippen LogP contribution >= 0.6 is 0 Å². The van der Waals surface area contributed by atoms with E-state index in [1.54, 1.807) is 25.1 Å². The maximum atomic E-state index is 12.4. The highest BCUT2D eigenvalue weighted by molar-refractivity contribution is 5.98. The summed E-state index contributed by atoms with van der Waals surface area (Å²) >= 11 is 0. The number of amides is 1. The molecule has 0 radical (unpaired) electrons. The second kappa shape index (κ2) is 7.37. The number of likely N-dealkylation sites (N-methyl/N-ethyl adjacent to an activating group) is 1. The summed E-state index contributed by atoms with van der Waals surface area (Å²) in [5.74, 6) is 0.233. The summed E-state index contributed by atoms with van der Waals surface area (Å²) in [7, 11) is 4.29. The zero-order chi connectivity index (χ0) is 15.1. The zero-order valence-corrected chi connectivity index (χ0v) is 12.1. The van der Waals surface area contributed by atoms with Gasteiger partial charge in [0.2, 0.25) is 0 Å². The largest absolute Gasteiger partial charge is 0.497 e. The van der Waals surface area contributed by atoms with E-state index in [1.807, 2.05) is 0 Å². The van der Waals surface area contributed by atoms with Crippen LogP contribution in [0.3, 0.4) is 0 Å². The molecule has 0 atom stereocenters. The van der Waals surface area contributed by atoms with E-state index < -0.39 is 5.97 Å². The highest BCUT2D eigenvalue weighted by Gasteiger charge is 2.21. The molecule has 1 rings (SSSR count). The molecule has 0 heterocycles. The Balaban J connectivity index is 3.02. The number of carbonyl (C=O) groups is 2. The standard InChI is InChI=1S/C14H19NO5/c1-5-15(9-13(16)20-4)14(17)11-7-6-10(18-2)8-12(11)19-3/h6-8H,5,9H2,1-4H3. The smallest absolute Gasteiger partial charge is 0.325 e. The van der Waals surface area contributed by atoms with Crippen LogP contribution in [0.1, 0.15) is 17.3 Å². The lowest BCUT2D eigenvalue weighted by molar-refractivity contribution is -0.141. The summed E-state index contributed by atoms with van der Waals surface area (Å²) < 4.78 is 14.8. The summed E-state index contributed by atoms with van der Waals surface area (Å²) in [6, 6.07) is 4.90. The Labute approximate surface area is 118 Å². The summed E-state index contributed by atoms with van der Waals surface area (Å²) in [6.07, 6.45) is 0. The van der Waals surface area contributed by atoms with Crippen LogP contribution in [0.5, 0.6) is 11.5 Å². The van der Waals surface area contributed by atoms with Gasteiger partial charge in [-0.25, -0.2) is 0 Å². The van der Waals surface area contributed by atoms with Crippen LogP contribution in [0.25, 0.3) is 0 Å². The van der Waals surface area contributed by atoms with E-state index in [0.717, 1.165) is 0 Å². The van der Waals surface area contributed by atoms with Gasteiger partial charge in [-0.3, -0.25) is 9.59 Å². The summed E-state index contributed by atoms with van der Waals surface area (Å²) in [5, 5.41) is 0. The lowest BCUT2D eigenvalue weighted by atomic mass is 10.1. The van der Waals surface area contributed by atoms with Crippen molar-refractivity contribution in [3.05, 3.63) is 23.8 Å². The summed E-state index contributed by atoms with van der Waals surface area (Å²) in [6.45, 7) is 2.08. The normalized spacial score (nSPS) is 9.80. The average Bonchev–Trinajstić information content (AvgIpc) is 2.50. The Morgan fingerprint density at radius 2 is 1.85 bits per heavy atom. The molecular formula is C14H19NO5. The van der Waals surface area contributed by atoms with Crippen molar-refractivity contribution in [2.45, 2.75) is 6.92 Å². The summed E-state index contributed by atoms with van der Waals surface area (Å²) in [5.41, 5.74) is 0.374. The Kier molecular flexibility index (Phi) is 5.83. The number of nitrogens with zero attached hydrogens (tertiary/aromatic N) is 1. The summed E-state index contributed by atoms with van der Waals surface area (Å²) in [4.78, 5) is 25.1. The van der Waals surface area contributed by atoms with Crippen LogP contribution in [0, 0.1) is 0 Å². The highest BCUT2D eigenvalue weighted by atomic mass is 16.5. The Morgan fingerprint density at radius 1 is 1.15 bits per heavy atom. The molecule has 0 bridgehead atoms. The minimum absolute atomic E-state index is 0.0962. The van der Waals surface area contributed by atoms with Crippen LogP contribution in [-0.4, -0.2) is 51.2 Å². The second-order valence-corrected chi connectivity index (χ2v) is 3.96. The third-order valence-corrected chi connectivity index (χ3v) is 2.86. The Hall–Kier alpha value is -2.24. The van der Waals surface area contributed by atoms with Crippen molar-refractivity contribution in [2.24, 2.45) is 0 Å². The van der Waals surface area contributed by atoms with Crippen molar-refractivity contribution in [3.8, 4) is 11.5 Å². The van der Waals surface area contributed by atoms with Gasteiger partial charge in [0.1, 0.15) is 18.0 Å². The van der Waals surface area contributed by atoms with E-state index in [9.17, 15) is 9.59 Å². The molecule has 0 spiro atoms. The molecule has 1 aromatic carbocycles. The van der Waals surface area contributed by atoms with Gasteiger partial charge in [-0.1, -0.05) is 0 Å². The van der Waals surface area contributed by atoms with Crippen LogP contribution in [0.2, 0.25) is 0 Å². The first-order valence-corrected chi connectivity index (χ1v) is 6.15. The molecule has 0 N–H and O–H groups in total. The molecule has 1 amide bonds. The molecule has 0 saturated heterocycles. The quantitative estimate of drug-likeness (QED) is 0.736. The molecule has 0 aromatic heterocycles. The Bertz CT molecular complexity index is 486. The fraction of sp³-hybridized carbons (Fsp3) is 0.429. The highest BCUT2D eigenvalue weighted by Crippen LogP contribution is 2.25. The number of ether oxygens (including phenoxy) is 3. The number of methoxy groups -OCH3 is 3. The number of rotatable bonds is 6. The number of hydrogen-bond donors (Lipinski definition) is 0. The molecule has 0 aliphatic carbocycles. The lowest BCUT2D eigenvalue weighted by Crippen LogP contribution is -2.36. The predicted molar refractivity (Wildman–Crippen MR) is 73.1 cm³/mol. The van der Waals surface area contributed by atoms with E-state index in [2.05, 4.69) is 4.74 Å². The average molecular weight is 281 g/mol. The van der Waals surface area contributed by atoms with Crippen molar-refractivity contribution < 1.29 is 23.8 Å². The number of benzene rings is 1. The van der Waals surface area contributed by atoms with Crippen molar-refractivity contribution >= 4 is 11.9 Å². The van der Waals surface area contributed by atoms with Gasteiger partial charge in [0.25, 0.3) is 5.91 Å². The molecule has 0 fully saturated rings. The van der Waals surface area contributed by atoms with Gasteiger partial charge in [-0.05, 0) is 19.1 Å². The monoisotopic (exact) mass is 281 g/mol. The minimum Gasteiger partial charge on any atom is -0.497 e. The van der Waals surface area contributed by atoms with Crippen LogP contribution < -0.4 is 9.47 Å². The molecule has 6 nitrogen and oxygen atoms in total. The maximum Gasteiger partial charge on any atom is 0.325 e. The first-order valence-electron chi connectivity index (χ1n) is 6.15. The number of carbonyl (C=O) groups excluding carboxylic acids is 2. The minimum atomic E-state index is -0.465. The topological polar surface area (TPSA) is 65.1 Å². The first kappa shape index (κ1) is 15.8. The molecule has 0 aliphatic rings. The number of hydrogen-bond acceptors (Lipinski definition) is 5. The molecule has 110 valence electrons. The van der Waals surface area contributed by atoms with Gasteiger partial charge in [-0.2, -0.15) is 0 Å². The van der Waals surface area contributed by atoms with Gasteiger partial charge in [-0.15, -0.1) is 0 Å². The molecule has 1 aromatic rings. The SMILES string of the molecule is CCN(CC(=O)OC)C(=O)c1ccc(OC)cc1OC. The van der Waals surface area contributed by atoms with Gasteiger partial charge in [0.05, 0.1) is 26.9 Å². The van der Waals surface area contributed by atoms with E-state index in [-0.39, 0.29) is 12.5 Å². The zero-order valence-electron chi connectivity index (χ0n) is 12.1. The molecule has 0 saturated carbocycles. The molecule has 20 heavy (non-hydrogen) atoms. The van der Waals surface area contributed by atoms with Crippen molar-refractivity contribution in [2.75, 3.05) is 34.4 Å². The van der Waals surface area contributed by atoms with Gasteiger partial charge in [0.15, 0.2) is 0 Å².